The Labute approximate surface area is 108 Å². The second-order valence-corrected chi connectivity index (χ2v) is 3.29. The molecule has 1 aromatic carbocycles. The SMILES string of the molecule is [CH-]=C(C)c1[c-][c]([Ge])ccc1.[Gd+2]. The summed E-state index contributed by atoms with van der Waals surface area (Å²) < 4.78 is 1.13. The first-order chi connectivity index (χ1) is 4.70. The van der Waals surface area contributed by atoms with E-state index in [2.05, 4.69) is 6.07 Å². The van der Waals surface area contributed by atoms with Crippen LogP contribution in [0.3, 0.4) is 0 Å². The van der Waals surface area contributed by atoms with E-state index >= 15 is 0 Å². The molecule has 0 nitrogen and oxygen atoms in total. The zero-order valence-corrected chi connectivity index (χ0v) is 10.5. The van der Waals surface area contributed by atoms with Gasteiger partial charge in [0.1, 0.15) is 0 Å². The molecule has 1 aromatic rings. The topological polar surface area (TPSA) is 0 Å². The quantitative estimate of drug-likeness (QED) is 0.529. The Morgan fingerprint density at radius 1 is 1.55 bits per heavy atom. The zero-order valence-electron chi connectivity index (χ0n) is 6.16. The van der Waals surface area contributed by atoms with Crippen LogP contribution in [0, 0.1) is 52.6 Å². The van der Waals surface area contributed by atoms with Crippen molar-refractivity contribution in [1.29, 1.82) is 0 Å². The van der Waals surface area contributed by atoms with Crippen molar-refractivity contribution in [3.8, 4) is 0 Å². The fourth-order valence-corrected chi connectivity index (χ4v) is 1.18. The van der Waals surface area contributed by atoms with Gasteiger partial charge in [0.05, 0.1) is 0 Å². The normalized spacial score (nSPS) is 8.55. The van der Waals surface area contributed by atoms with Crippen molar-refractivity contribution < 1.29 is 39.9 Å². The summed E-state index contributed by atoms with van der Waals surface area (Å²) in [4.78, 5) is 0. The minimum absolute atomic E-state index is 0. The number of allylic oxidation sites excluding steroid dienone is 1. The van der Waals surface area contributed by atoms with E-state index in [0.717, 1.165) is 15.5 Å². The zero-order chi connectivity index (χ0) is 7.56. The molecule has 0 amide bonds. The van der Waals surface area contributed by atoms with Crippen LogP contribution in [0.1, 0.15) is 12.5 Å². The van der Waals surface area contributed by atoms with E-state index in [9.17, 15) is 0 Å². The maximum atomic E-state index is 5.57. The Morgan fingerprint density at radius 2 is 2.18 bits per heavy atom. The summed E-state index contributed by atoms with van der Waals surface area (Å²) in [5, 5.41) is 0. The molecule has 0 spiro atoms. The van der Waals surface area contributed by atoms with Gasteiger partial charge in [0, 0.05) is 0 Å². The third kappa shape index (κ3) is 3.84. The van der Waals surface area contributed by atoms with Gasteiger partial charge in [-0.3, -0.25) is 0 Å². The summed E-state index contributed by atoms with van der Waals surface area (Å²) in [6.45, 7) is 7.45. The van der Waals surface area contributed by atoms with Crippen LogP contribution in [0.2, 0.25) is 0 Å². The molecule has 0 aliphatic rings. The predicted octanol–water partition coefficient (Wildman–Crippen LogP) is 1.12. The van der Waals surface area contributed by atoms with Gasteiger partial charge in [0.25, 0.3) is 0 Å². The average Bonchev–Trinajstić information content (AvgIpc) is 1.88. The molecule has 2 heteroatoms. The monoisotopic (exact) mass is 347 g/mol. The predicted molar refractivity (Wildman–Crippen MR) is 44.0 cm³/mol. The molecular formula is C9H7GdGe. The van der Waals surface area contributed by atoms with Crippen LogP contribution < -0.4 is 4.40 Å². The standard InChI is InChI=1S/C9H7Ge.Gd/c1-7(2)8-4-3-5-9(10)6-8;/h1,3-5H,2H3;/q-2;+2. The maximum Gasteiger partial charge on any atom is 2.00 e. The van der Waals surface area contributed by atoms with Gasteiger partial charge in [0.15, 0.2) is 0 Å². The van der Waals surface area contributed by atoms with Gasteiger partial charge in [-0.2, -0.15) is 0 Å². The van der Waals surface area contributed by atoms with E-state index in [0.29, 0.717) is 0 Å². The van der Waals surface area contributed by atoms with E-state index in [1.807, 2.05) is 41.6 Å². The second-order valence-electron chi connectivity index (χ2n) is 2.16. The molecule has 0 unspecified atom stereocenters. The summed E-state index contributed by atoms with van der Waals surface area (Å²) in [6, 6.07) is 9.10. The molecule has 0 heterocycles. The maximum absolute atomic E-state index is 5.57. The number of rotatable bonds is 1. The first-order valence-corrected chi connectivity index (χ1v) is 4.08. The van der Waals surface area contributed by atoms with Crippen LogP contribution in [0.15, 0.2) is 18.2 Å². The van der Waals surface area contributed by atoms with Crippen molar-refractivity contribution in [2.75, 3.05) is 0 Å². The minimum Gasteiger partial charge on any atom is 2.00 e. The summed E-state index contributed by atoms with van der Waals surface area (Å²) in [7, 11) is 0. The van der Waals surface area contributed by atoms with Crippen LogP contribution >= 0.6 is 0 Å². The molecule has 0 fully saturated rings. The molecule has 55 valence electrons. The summed E-state index contributed by atoms with van der Waals surface area (Å²) in [5.74, 6) is 0. The summed E-state index contributed by atoms with van der Waals surface area (Å²) >= 11 is 2.01. The van der Waals surface area contributed by atoms with E-state index in [1.54, 1.807) is 0 Å². The first-order valence-electron chi connectivity index (χ1n) is 3.03. The van der Waals surface area contributed by atoms with E-state index in [1.165, 1.54) is 0 Å². The molecule has 11 heavy (non-hydrogen) atoms. The Morgan fingerprint density at radius 3 is 2.55 bits per heavy atom. The number of hydrogen-bond donors (Lipinski definition) is 0. The van der Waals surface area contributed by atoms with Crippen molar-refractivity contribution in [3.63, 3.8) is 0 Å². The van der Waals surface area contributed by atoms with Crippen LogP contribution in [0.4, 0.5) is 0 Å². The Kier molecular flexibility index (Phi) is 5.88. The average molecular weight is 345 g/mol. The Bertz CT molecular complexity index is 255. The van der Waals surface area contributed by atoms with Crippen LogP contribution in [-0.2, 0) is 0 Å². The van der Waals surface area contributed by atoms with Crippen LogP contribution in [0.25, 0.3) is 5.57 Å². The van der Waals surface area contributed by atoms with Gasteiger partial charge in [0.2, 0.25) is 0 Å². The van der Waals surface area contributed by atoms with Crippen molar-refractivity contribution in [2.24, 2.45) is 0 Å². The molecule has 0 N–H and O–H groups in total. The molecule has 1 rings (SSSR count). The van der Waals surface area contributed by atoms with Crippen LogP contribution in [0.5, 0.6) is 0 Å². The fourth-order valence-electron chi connectivity index (χ4n) is 0.699. The third-order valence-corrected chi connectivity index (χ3v) is 1.83. The number of hydrogen-bond acceptors (Lipinski definition) is 0. The molecular weight excluding hydrogens is 338 g/mol. The largest absolute Gasteiger partial charge is 2.00 e. The summed E-state index contributed by atoms with van der Waals surface area (Å²) in [5.41, 5.74) is 1.82. The molecule has 0 aromatic heterocycles. The van der Waals surface area contributed by atoms with E-state index in [-0.39, 0.29) is 39.9 Å². The van der Waals surface area contributed by atoms with Gasteiger partial charge in [-0.05, 0) is 0 Å². The molecule has 0 atom stereocenters. The van der Waals surface area contributed by atoms with Crippen molar-refractivity contribution in [1.82, 2.24) is 0 Å². The van der Waals surface area contributed by atoms with E-state index < -0.39 is 0 Å². The second kappa shape index (κ2) is 5.47. The van der Waals surface area contributed by atoms with Gasteiger partial charge < -0.3 is 0 Å². The number of benzene rings is 1. The Hall–Kier alpha value is 0.828. The van der Waals surface area contributed by atoms with E-state index in [4.69, 9.17) is 6.58 Å². The molecule has 0 aliphatic heterocycles. The van der Waals surface area contributed by atoms with Crippen molar-refractivity contribution >= 4 is 26.5 Å². The molecule has 0 saturated carbocycles. The molecule has 3 radical (unpaired) electrons. The fraction of sp³-hybridized carbons (Fsp3) is 0.111. The summed E-state index contributed by atoms with van der Waals surface area (Å²) in [6.07, 6.45) is 0. The molecule has 0 aliphatic carbocycles. The third-order valence-electron chi connectivity index (χ3n) is 1.22. The Balaban J connectivity index is 0.000001000. The molecule has 0 bridgehead atoms. The van der Waals surface area contributed by atoms with Crippen molar-refractivity contribution in [3.05, 3.63) is 36.4 Å². The van der Waals surface area contributed by atoms with Gasteiger partial charge in [-0.25, -0.2) is 0 Å². The van der Waals surface area contributed by atoms with Gasteiger partial charge >= 0.3 is 110 Å². The van der Waals surface area contributed by atoms with Crippen molar-refractivity contribution in [2.45, 2.75) is 6.92 Å². The minimum atomic E-state index is 0. The van der Waals surface area contributed by atoms with Crippen LogP contribution in [-0.4, -0.2) is 16.5 Å². The smallest absolute Gasteiger partial charge is 2.00 e. The molecule has 0 saturated heterocycles. The van der Waals surface area contributed by atoms with Gasteiger partial charge in [-0.15, -0.1) is 0 Å². The first kappa shape index (κ1) is 11.8. The van der Waals surface area contributed by atoms with Gasteiger partial charge in [-0.1, -0.05) is 0 Å².